The summed E-state index contributed by atoms with van der Waals surface area (Å²) in [6.07, 6.45) is -3.64. The van der Waals surface area contributed by atoms with Crippen LogP contribution in [0.4, 0.5) is 0 Å². The minimum absolute atomic E-state index is 0.211. The molecule has 16 heteroatoms. The topological polar surface area (TPSA) is 258 Å². The van der Waals surface area contributed by atoms with Crippen molar-refractivity contribution >= 4 is 41.8 Å². The highest BCUT2D eigenvalue weighted by molar-refractivity contribution is 5.90. The summed E-state index contributed by atoms with van der Waals surface area (Å²) in [5, 5.41) is 43.6. The van der Waals surface area contributed by atoms with E-state index in [1.165, 1.54) is 6.92 Å². The Labute approximate surface area is 199 Å². The third-order valence-corrected chi connectivity index (χ3v) is 3.53. The van der Waals surface area contributed by atoms with Crippen molar-refractivity contribution in [1.82, 2.24) is 0 Å². The van der Waals surface area contributed by atoms with E-state index in [4.69, 9.17) is 20.4 Å². The van der Waals surface area contributed by atoms with Gasteiger partial charge in [-0.15, -0.1) is 0 Å². The summed E-state index contributed by atoms with van der Waals surface area (Å²) < 4.78 is 17.3. The number of carbonyl (C=O) groups excluding carboxylic acids is 4. The van der Waals surface area contributed by atoms with Gasteiger partial charge in [0.1, 0.15) is 0 Å². The van der Waals surface area contributed by atoms with Crippen LogP contribution < -0.4 is 0 Å². The Hall–Kier alpha value is -3.79. The van der Waals surface area contributed by atoms with Crippen LogP contribution in [-0.2, 0) is 52.5 Å². The van der Waals surface area contributed by atoms with E-state index in [0.717, 1.165) is 21.3 Å². The zero-order chi connectivity index (χ0) is 28.4. The van der Waals surface area contributed by atoms with Crippen LogP contribution >= 0.6 is 0 Å². The van der Waals surface area contributed by atoms with Crippen LogP contribution in [-0.4, -0.2) is 106 Å². The molecule has 0 aromatic heterocycles. The van der Waals surface area contributed by atoms with E-state index in [1.807, 2.05) is 0 Å². The Bertz CT molecular complexity index is 722. The Morgan fingerprint density at radius 1 is 0.657 bits per heavy atom. The van der Waals surface area contributed by atoms with Crippen LogP contribution in [0.5, 0.6) is 0 Å². The zero-order valence-electron chi connectivity index (χ0n) is 19.8. The second-order valence-corrected chi connectivity index (χ2v) is 6.43. The van der Waals surface area contributed by atoms with E-state index in [2.05, 4.69) is 18.9 Å². The third-order valence-electron chi connectivity index (χ3n) is 3.53. The van der Waals surface area contributed by atoms with Crippen LogP contribution in [0, 0.1) is 0 Å². The van der Waals surface area contributed by atoms with Crippen molar-refractivity contribution in [3.63, 3.8) is 0 Å². The number of aliphatic hydroxyl groups is 2. The molecule has 35 heavy (non-hydrogen) atoms. The minimum atomic E-state index is -2.74. The summed E-state index contributed by atoms with van der Waals surface area (Å²) in [7, 11) is 3.22. The molecule has 16 nitrogen and oxygen atoms in total. The van der Waals surface area contributed by atoms with Crippen molar-refractivity contribution in [2.75, 3.05) is 27.9 Å². The molecule has 0 atom stereocenters. The van der Waals surface area contributed by atoms with Gasteiger partial charge in [0.25, 0.3) is 0 Å². The maximum Gasteiger partial charge on any atom is 0.339 e. The van der Waals surface area contributed by atoms with Crippen LogP contribution in [0.2, 0.25) is 0 Å². The lowest BCUT2D eigenvalue weighted by molar-refractivity contribution is -0.174. The van der Waals surface area contributed by atoms with Crippen LogP contribution in [0.25, 0.3) is 0 Å². The zero-order valence-corrected chi connectivity index (χ0v) is 19.8. The van der Waals surface area contributed by atoms with Crippen molar-refractivity contribution in [2.45, 2.75) is 50.7 Å². The molecule has 0 radical (unpaired) electrons. The van der Waals surface area contributed by atoms with Gasteiger partial charge in [-0.2, -0.15) is 0 Å². The lowest BCUT2D eigenvalue weighted by Crippen LogP contribution is -2.44. The average molecular weight is 514 g/mol. The summed E-state index contributed by atoms with van der Waals surface area (Å²) in [6, 6.07) is 0. The van der Waals surface area contributed by atoms with E-state index in [1.54, 1.807) is 6.92 Å². The molecular formula is C19H30O16. The number of hydrogen-bond donors (Lipinski definition) is 5. The first-order chi connectivity index (χ1) is 15.9. The number of hydrogen-bond acceptors (Lipinski definition) is 13. The number of carbonyl (C=O) groups is 7. The molecule has 0 aromatic rings. The monoisotopic (exact) mass is 514 g/mol. The van der Waals surface area contributed by atoms with Gasteiger partial charge in [-0.3, -0.25) is 24.0 Å². The maximum absolute atomic E-state index is 11.2. The number of methoxy groups -OCH3 is 3. The lowest BCUT2D eigenvalue weighted by atomic mass is 9.96. The molecule has 0 aliphatic heterocycles. The minimum Gasteiger partial charge on any atom is -0.481 e. The first kappa shape index (κ1) is 35.8. The normalized spacial score (nSPS) is 10.1. The smallest absolute Gasteiger partial charge is 0.339 e. The number of carboxylic acids is 3. The van der Waals surface area contributed by atoms with Crippen molar-refractivity contribution in [3.8, 4) is 0 Å². The number of aliphatic carboxylic acids is 3. The Kier molecular flexibility index (Phi) is 18.1. The SMILES string of the molecule is CCOC(C)=O.COC(=O)CC(O)(CC(=O)OC)C(=O)OC.O=C(O)CC(O)(CC(=O)O)C(=O)O. The Morgan fingerprint density at radius 2 is 1.03 bits per heavy atom. The summed E-state index contributed by atoms with van der Waals surface area (Å²) in [5.74, 6) is -8.00. The highest BCUT2D eigenvalue weighted by atomic mass is 16.6. The molecule has 0 saturated heterocycles. The fraction of sp³-hybridized carbons (Fsp3) is 0.632. The number of rotatable bonds is 11. The molecule has 0 aliphatic carbocycles. The fourth-order valence-electron chi connectivity index (χ4n) is 1.94. The largest absolute Gasteiger partial charge is 0.481 e. The molecule has 0 aromatic carbocycles. The highest BCUT2D eigenvalue weighted by Gasteiger charge is 2.43. The van der Waals surface area contributed by atoms with E-state index >= 15 is 0 Å². The van der Waals surface area contributed by atoms with Gasteiger partial charge in [-0.05, 0) is 6.92 Å². The van der Waals surface area contributed by atoms with E-state index < -0.39 is 72.7 Å². The van der Waals surface area contributed by atoms with Gasteiger partial charge in [0, 0.05) is 6.92 Å². The van der Waals surface area contributed by atoms with Crippen molar-refractivity contribution in [2.24, 2.45) is 0 Å². The first-order valence-corrected chi connectivity index (χ1v) is 9.41. The molecule has 0 amide bonds. The van der Waals surface area contributed by atoms with Gasteiger partial charge in [-0.1, -0.05) is 0 Å². The molecular weight excluding hydrogens is 484 g/mol. The summed E-state index contributed by atoms with van der Waals surface area (Å²) >= 11 is 0. The molecule has 5 N–H and O–H groups in total. The van der Waals surface area contributed by atoms with E-state index in [9.17, 15) is 38.7 Å². The predicted octanol–water partition coefficient (Wildman–Crippen LogP) is -1.66. The lowest BCUT2D eigenvalue weighted by Gasteiger charge is -2.22. The summed E-state index contributed by atoms with van der Waals surface area (Å²) in [5.41, 5.74) is -4.99. The molecule has 0 heterocycles. The second-order valence-electron chi connectivity index (χ2n) is 6.43. The summed E-state index contributed by atoms with van der Waals surface area (Å²) in [4.78, 5) is 73.5. The van der Waals surface area contributed by atoms with Crippen molar-refractivity contribution < 1.29 is 78.0 Å². The molecule has 0 saturated carbocycles. The van der Waals surface area contributed by atoms with Crippen molar-refractivity contribution in [3.05, 3.63) is 0 Å². The average Bonchev–Trinajstić information content (AvgIpc) is 2.72. The van der Waals surface area contributed by atoms with Crippen LogP contribution in [0.15, 0.2) is 0 Å². The molecule has 202 valence electrons. The highest BCUT2D eigenvalue weighted by Crippen LogP contribution is 2.19. The summed E-state index contributed by atoms with van der Waals surface area (Å²) in [6.45, 7) is 3.65. The molecule has 0 bridgehead atoms. The van der Waals surface area contributed by atoms with Gasteiger partial charge in [0.05, 0.1) is 53.6 Å². The Morgan fingerprint density at radius 3 is 1.20 bits per heavy atom. The molecule has 0 aliphatic rings. The van der Waals surface area contributed by atoms with Gasteiger partial charge >= 0.3 is 41.8 Å². The van der Waals surface area contributed by atoms with E-state index in [0.29, 0.717) is 6.61 Å². The molecule has 0 rings (SSSR count). The number of carboxylic acid groups (broad SMARTS) is 3. The molecule has 0 fully saturated rings. The predicted molar refractivity (Wildman–Crippen MR) is 110 cm³/mol. The quantitative estimate of drug-likeness (QED) is 0.152. The van der Waals surface area contributed by atoms with Crippen LogP contribution in [0.3, 0.4) is 0 Å². The standard InChI is InChI=1S/C9H14O7.C6H8O7.C4H8O2/c1-14-6(10)4-9(13,8(12)16-3)5-7(11)15-2;7-3(8)1-6(13,5(11)12)2-4(9)10;1-3-6-4(2)5/h13H,4-5H2,1-3H3;13H,1-2H2,(H,7,8)(H,9,10)(H,11,12);3H2,1-2H3. The molecule has 0 unspecified atom stereocenters. The van der Waals surface area contributed by atoms with E-state index in [-0.39, 0.29) is 5.97 Å². The molecule has 0 spiro atoms. The van der Waals surface area contributed by atoms with Crippen LogP contribution in [0.1, 0.15) is 39.5 Å². The van der Waals surface area contributed by atoms with Crippen molar-refractivity contribution in [1.29, 1.82) is 0 Å². The number of esters is 4. The van der Waals surface area contributed by atoms with Gasteiger partial charge < -0.3 is 44.5 Å². The number of ether oxygens (including phenoxy) is 4. The van der Waals surface area contributed by atoms with Gasteiger partial charge in [0.2, 0.25) is 0 Å². The second kappa shape index (κ2) is 17.7. The first-order valence-electron chi connectivity index (χ1n) is 9.41. The third kappa shape index (κ3) is 17.4. The maximum atomic E-state index is 11.2. The Balaban J connectivity index is -0.000000482. The van der Waals surface area contributed by atoms with Gasteiger partial charge in [0.15, 0.2) is 11.2 Å². The van der Waals surface area contributed by atoms with Gasteiger partial charge in [-0.25, -0.2) is 9.59 Å². The fourth-order valence-corrected chi connectivity index (χ4v) is 1.94.